The number of thiazole rings is 1. The minimum Gasteiger partial charge on any atom is -0.480 e. The molecule has 1 aliphatic rings. The number of hydrogen-bond acceptors (Lipinski definition) is 6. The molecule has 1 aliphatic heterocycles. The van der Waals surface area contributed by atoms with E-state index >= 15 is 0 Å². The Bertz CT molecular complexity index is 724. The Balaban J connectivity index is 1.72. The molecule has 3 rings (SSSR count). The lowest BCUT2D eigenvalue weighted by molar-refractivity contribution is -0.145. The summed E-state index contributed by atoms with van der Waals surface area (Å²) >= 11 is 1.66. The van der Waals surface area contributed by atoms with Gasteiger partial charge in [0.1, 0.15) is 17.7 Å². The molecular formula is C16H23N5O2S. The van der Waals surface area contributed by atoms with E-state index in [1.165, 1.54) is 0 Å². The van der Waals surface area contributed by atoms with Crippen molar-refractivity contribution >= 4 is 17.3 Å². The summed E-state index contributed by atoms with van der Waals surface area (Å²) in [5.74, 6) is 1.43. The predicted molar refractivity (Wildman–Crippen MR) is 90.7 cm³/mol. The van der Waals surface area contributed by atoms with Crippen molar-refractivity contribution in [2.24, 2.45) is 5.92 Å². The molecule has 0 amide bonds. The highest BCUT2D eigenvalue weighted by Gasteiger charge is 2.33. The van der Waals surface area contributed by atoms with Gasteiger partial charge in [0.2, 0.25) is 0 Å². The number of carboxylic acid groups (broad SMARTS) is 1. The SMILES string of the molecule is Cc1nnc2n1CC(C(=O)O)N(Cc1csc(CCC(C)C)n1)C2. The molecule has 1 unspecified atom stereocenters. The van der Waals surface area contributed by atoms with E-state index in [0.29, 0.717) is 25.6 Å². The third-order valence-corrected chi connectivity index (χ3v) is 5.30. The van der Waals surface area contributed by atoms with E-state index in [9.17, 15) is 9.90 Å². The Morgan fingerprint density at radius 3 is 2.96 bits per heavy atom. The zero-order valence-corrected chi connectivity index (χ0v) is 15.1. The highest BCUT2D eigenvalue weighted by Crippen LogP contribution is 2.22. The molecule has 3 heterocycles. The van der Waals surface area contributed by atoms with Crippen LogP contribution in [0.25, 0.3) is 0 Å². The van der Waals surface area contributed by atoms with Crippen molar-refractivity contribution in [3.63, 3.8) is 0 Å². The van der Waals surface area contributed by atoms with Crippen LogP contribution in [0, 0.1) is 12.8 Å². The van der Waals surface area contributed by atoms with E-state index in [1.54, 1.807) is 11.3 Å². The molecule has 1 atom stereocenters. The van der Waals surface area contributed by atoms with Gasteiger partial charge < -0.3 is 9.67 Å². The van der Waals surface area contributed by atoms with Crippen LogP contribution < -0.4 is 0 Å². The highest BCUT2D eigenvalue weighted by atomic mass is 32.1. The molecule has 130 valence electrons. The molecule has 0 spiro atoms. The van der Waals surface area contributed by atoms with Gasteiger partial charge in [-0.25, -0.2) is 4.98 Å². The molecular weight excluding hydrogens is 326 g/mol. The fourth-order valence-corrected chi connectivity index (χ4v) is 3.72. The fourth-order valence-electron chi connectivity index (χ4n) is 2.92. The van der Waals surface area contributed by atoms with Crippen molar-refractivity contribution in [3.05, 3.63) is 27.7 Å². The van der Waals surface area contributed by atoms with Crippen LogP contribution in [0.1, 0.15) is 42.6 Å². The molecule has 0 radical (unpaired) electrons. The van der Waals surface area contributed by atoms with Crippen molar-refractivity contribution in [1.29, 1.82) is 0 Å². The molecule has 0 saturated carbocycles. The van der Waals surface area contributed by atoms with Crippen LogP contribution in [0.3, 0.4) is 0 Å². The maximum Gasteiger partial charge on any atom is 0.322 e. The summed E-state index contributed by atoms with van der Waals surface area (Å²) < 4.78 is 1.89. The van der Waals surface area contributed by atoms with Gasteiger partial charge in [-0.2, -0.15) is 0 Å². The van der Waals surface area contributed by atoms with Crippen molar-refractivity contribution in [2.45, 2.75) is 59.3 Å². The zero-order chi connectivity index (χ0) is 17.3. The summed E-state index contributed by atoms with van der Waals surface area (Å²) in [5, 5.41) is 21.0. The zero-order valence-electron chi connectivity index (χ0n) is 14.3. The Morgan fingerprint density at radius 1 is 1.46 bits per heavy atom. The molecule has 0 saturated heterocycles. The number of fused-ring (bicyclic) bond motifs is 1. The van der Waals surface area contributed by atoms with Gasteiger partial charge in [0.05, 0.1) is 23.8 Å². The maximum atomic E-state index is 11.7. The van der Waals surface area contributed by atoms with Crippen LogP contribution in [0.2, 0.25) is 0 Å². The fraction of sp³-hybridized carbons (Fsp3) is 0.625. The number of nitrogens with zero attached hydrogens (tertiary/aromatic N) is 5. The summed E-state index contributed by atoms with van der Waals surface area (Å²) in [4.78, 5) is 18.3. The molecule has 1 N–H and O–H groups in total. The normalized spacial score (nSPS) is 18.1. The molecule has 7 nitrogen and oxygen atoms in total. The van der Waals surface area contributed by atoms with Gasteiger partial charge in [-0.3, -0.25) is 9.69 Å². The molecule has 24 heavy (non-hydrogen) atoms. The second-order valence-corrected chi connectivity index (χ2v) is 7.64. The van der Waals surface area contributed by atoms with Crippen molar-refractivity contribution in [2.75, 3.05) is 0 Å². The molecule has 0 aromatic carbocycles. The Labute approximate surface area is 145 Å². The number of hydrogen-bond donors (Lipinski definition) is 1. The minimum atomic E-state index is -0.816. The largest absolute Gasteiger partial charge is 0.480 e. The summed E-state index contributed by atoms with van der Waals surface area (Å²) in [5.41, 5.74) is 0.940. The number of carboxylic acids is 1. The molecule has 8 heteroatoms. The predicted octanol–water partition coefficient (Wildman–Crippen LogP) is 2.10. The lowest BCUT2D eigenvalue weighted by Gasteiger charge is -2.32. The number of aryl methyl sites for hydroxylation is 2. The topological polar surface area (TPSA) is 84.1 Å². The Morgan fingerprint density at radius 2 is 2.25 bits per heavy atom. The average molecular weight is 349 g/mol. The summed E-state index contributed by atoms with van der Waals surface area (Å²) in [7, 11) is 0. The second kappa shape index (κ2) is 6.98. The first-order valence-electron chi connectivity index (χ1n) is 8.23. The van der Waals surface area contributed by atoms with Crippen LogP contribution in [-0.4, -0.2) is 41.8 Å². The first-order chi connectivity index (χ1) is 11.4. The summed E-state index contributed by atoms with van der Waals surface area (Å²) in [6, 6.07) is -0.576. The van der Waals surface area contributed by atoms with E-state index in [-0.39, 0.29) is 0 Å². The quantitative estimate of drug-likeness (QED) is 0.860. The third kappa shape index (κ3) is 3.64. The number of rotatable bonds is 6. The van der Waals surface area contributed by atoms with Crippen LogP contribution >= 0.6 is 11.3 Å². The molecule has 0 bridgehead atoms. The van der Waals surface area contributed by atoms with Gasteiger partial charge in [-0.1, -0.05) is 13.8 Å². The first kappa shape index (κ1) is 17.0. The van der Waals surface area contributed by atoms with Gasteiger partial charge >= 0.3 is 5.97 Å². The van der Waals surface area contributed by atoms with Crippen LogP contribution in [0.5, 0.6) is 0 Å². The molecule has 2 aromatic heterocycles. The molecule has 0 fully saturated rings. The van der Waals surface area contributed by atoms with E-state index < -0.39 is 12.0 Å². The lowest BCUT2D eigenvalue weighted by atomic mass is 10.1. The Hall–Kier alpha value is -1.80. The van der Waals surface area contributed by atoms with E-state index in [2.05, 4.69) is 29.0 Å². The Kier molecular flexibility index (Phi) is 4.96. The standard InChI is InChI=1S/C16H23N5O2S/c1-10(2)4-5-15-17-12(9-24-15)6-20-8-14-19-18-11(3)21(14)7-13(20)16(22)23/h9-10,13H,4-8H2,1-3H3,(H,22,23). The first-order valence-corrected chi connectivity index (χ1v) is 9.10. The monoisotopic (exact) mass is 349 g/mol. The second-order valence-electron chi connectivity index (χ2n) is 6.70. The van der Waals surface area contributed by atoms with Crippen molar-refractivity contribution < 1.29 is 9.90 Å². The van der Waals surface area contributed by atoms with E-state index in [1.807, 2.05) is 21.8 Å². The van der Waals surface area contributed by atoms with Crippen LogP contribution in [0.4, 0.5) is 0 Å². The minimum absolute atomic E-state index is 0.383. The van der Waals surface area contributed by atoms with Gasteiger partial charge in [0.25, 0.3) is 0 Å². The van der Waals surface area contributed by atoms with E-state index in [4.69, 9.17) is 0 Å². The van der Waals surface area contributed by atoms with Gasteiger partial charge in [-0.05, 0) is 25.7 Å². The van der Waals surface area contributed by atoms with Crippen LogP contribution in [-0.2, 0) is 30.8 Å². The van der Waals surface area contributed by atoms with Crippen molar-refractivity contribution in [3.8, 4) is 0 Å². The van der Waals surface area contributed by atoms with Gasteiger partial charge in [0.15, 0.2) is 0 Å². The molecule has 0 aliphatic carbocycles. The van der Waals surface area contributed by atoms with Gasteiger partial charge in [-0.15, -0.1) is 21.5 Å². The van der Waals surface area contributed by atoms with E-state index in [0.717, 1.165) is 35.2 Å². The number of carbonyl (C=O) groups is 1. The van der Waals surface area contributed by atoms with Crippen LogP contribution in [0.15, 0.2) is 5.38 Å². The third-order valence-electron chi connectivity index (χ3n) is 4.34. The summed E-state index contributed by atoms with van der Waals surface area (Å²) in [6.45, 7) is 7.66. The molecule has 2 aromatic rings. The summed E-state index contributed by atoms with van der Waals surface area (Å²) in [6.07, 6.45) is 2.11. The average Bonchev–Trinajstić information content (AvgIpc) is 3.11. The number of aromatic nitrogens is 4. The maximum absolute atomic E-state index is 11.7. The lowest BCUT2D eigenvalue weighted by Crippen LogP contribution is -2.47. The van der Waals surface area contributed by atoms with Gasteiger partial charge in [0, 0.05) is 11.9 Å². The highest BCUT2D eigenvalue weighted by molar-refractivity contribution is 7.09. The smallest absolute Gasteiger partial charge is 0.322 e. The number of aliphatic carboxylic acids is 1. The van der Waals surface area contributed by atoms with Crippen molar-refractivity contribution in [1.82, 2.24) is 24.6 Å².